The van der Waals surface area contributed by atoms with E-state index < -0.39 is 22.8 Å². The van der Waals surface area contributed by atoms with Crippen molar-refractivity contribution >= 4 is 11.6 Å². The van der Waals surface area contributed by atoms with Crippen molar-refractivity contribution in [1.82, 2.24) is 0 Å². The first-order valence-electron chi connectivity index (χ1n) is 3.52. The Labute approximate surface area is 69.5 Å². The number of aliphatic hydroxyl groups is 2. The molecule has 0 fully saturated rings. The number of carbonyl (C=O) groups is 2. The van der Waals surface area contributed by atoms with Gasteiger partial charge in [-0.1, -0.05) is 0 Å². The molecule has 4 heteroatoms. The van der Waals surface area contributed by atoms with E-state index in [4.69, 9.17) is 0 Å². The van der Waals surface area contributed by atoms with E-state index in [1.807, 2.05) is 0 Å². The standard InChI is InChI=1S/C8H10O4/c1-7(2,11)8(12)5(9)3-4-6(8)10/h3-4,11-12H,1-2H3. The maximum atomic E-state index is 11.0. The third-order valence-electron chi connectivity index (χ3n) is 1.98. The second-order valence-corrected chi connectivity index (χ2v) is 3.33. The number of carbonyl (C=O) groups excluding carboxylic acids is 2. The van der Waals surface area contributed by atoms with Gasteiger partial charge in [0.25, 0.3) is 0 Å². The summed E-state index contributed by atoms with van der Waals surface area (Å²) >= 11 is 0. The average molecular weight is 170 g/mol. The van der Waals surface area contributed by atoms with E-state index in [2.05, 4.69) is 0 Å². The van der Waals surface area contributed by atoms with Crippen LogP contribution >= 0.6 is 0 Å². The van der Waals surface area contributed by atoms with Crippen molar-refractivity contribution in [3.05, 3.63) is 12.2 Å². The molecule has 0 heterocycles. The Kier molecular flexibility index (Phi) is 1.70. The van der Waals surface area contributed by atoms with Crippen molar-refractivity contribution in [2.75, 3.05) is 0 Å². The number of ketones is 2. The van der Waals surface area contributed by atoms with Crippen LogP contribution in [0.1, 0.15) is 13.8 Å². The summed E-state index contributed by atoms with van der Waals surface area (Å²) in [4.78, 5) is 22.1. The highest BCUT2D eigenvalue weighted by atomic mass is 16.4. The fourth-order valence-corrected chi connectivity index (χ4v) is 1.12. The first kappa shape index (κ1) is 9.09. The summed E-state index contributed by atoms with van der Waals surface area (Å²) in [5.74, 6) is -1.53. The summed E-state index contributed by atoms with van der Waals surface area (Å²) in [7, 11) is 0. The van der Waals surface area contributed by atoms with Gasteiger partial charge in [0.15, 0.2) is 11.6 Å². The van der Waals surface area contributed by atoms with E-state index in [-0.39, 0.29) is 0 Å². The van der Waals surface area contributed by atoms with E-state index in [0.29, 0.717) is 0 Å². The molecule has 66 valence electrons. The lowest BCUT2D eigenvalue weighted by molar-refractivity contribution is -0.167. The van der Waals surface area contributed by atoms with Gasteiger partial charge in [-0.3, -0.25) is 9.59 Å². The van der Waals surface area contributed by atoms with Crippen molar-refractivity contribution in [2.45, 2.75) is 25.0 Å². The van der Waals surface area contributed by atoms with Crippen molar-refractivity contribution in [2.24, 2.45) is 0 Å². The van der Waals surface area contributed by atoms with Crippen LogP contribution in [0.5, 0.6) is 0 Å². The minimum Gasteiger partial charge on any atom is -0.386 e. The third kappa shape index (κ3) is 0.922. The second-order valence-electron chi connectivity index (χ2n) is 3.33. The first-order chi connectivity index (χ1) is 5.30. The van der Waals surface area contributed by atoms with Crippen molar-refractivity contribution in [3.63, 3.8) is 0 Å². The molecule has 0 saturated heterocycles. The van der Waals surface area contributed by atoms with E-state index in [0.717, 1.165) is 12.2 Å². The van der Waals surface area contributed by atoms with Crippen molar-refractivity contribution < 1.29 is 19.8 Å². The molecule has 0 saturated carbocycles. The number of rotatable bonds is 1. The fourth-order valence-electron chi connectivity index (χ4n) is 1.12. The molecule has 0 aromatic carbocycles. The van der Waals surface area contributed by atoms with Crippen LogP contribution in [-0.2, 0) is 9.59 Å². The molecule has 0 unspecified atom stereocenters. The molecule has 0 amide bonds. The van der Waals surface area contributed by atoms with Gasteiger partial charge in [0.2, 0.25) is 5.60 Å². The van der Waals surface area contributed by atoms with Gasteiger partial charge in [0.05, 0.1) is 0 Å². The van der Waals surface area contributed by atoms with E-state index in [1.54, 1.807) is 0 Å². The summed E-state index contributed by atoms with van der Waals surface area (Å²) in [6.07, 6.45) is 1.95. The van der Waals surface area contributed by atoms with Gasteiger partial charge in [-0.15, -0.1) is 0 Å². The van der Waals surface area contributed by atoms with E-state index in [9.17, 15) is 19.8 Å². The zero-order chi connectivity index (χ0) is 9.57. The molecule has 0 aliphatic heterocycles. The predicted octanol–water partition coefficient (Wildman–Crippen LogP) is -0.804. The van der Waals surface area contributed by atoms with E-state index in [1.165, 1.54) is 13.8 Å². The van der Waals surface area contributed by atoms with Crippen LogP contribution in [0, 0.1) is 0 Å². The lowest BCUT2D eigenvalue weighted by atomic mass is 9.82. The summed E-state index contributed by atoms with van der Waals surface area (Å²) in [6.45, 7) is 2.44. The summed E-state index contributed by atoms with van der Waals surface area (Å²) in [5, 5.41) is 18.9. The lowest BCUT2D eigenvalue weighted by Gasteiger charge is -2.31. The molecule has 1 aliphatic rings. The Hall–Kier alpha value is -1.00. The smallest absolute Gasteiger partial charge is 0.217 e. The molecule has 0 aromatic rings. The van der Waals surface area contributed by atoms with Crippen LogP contribution in [-0.4, -0.2) is 33.0 Å². The summed E-state index contributed by atoms with van der Waals surface area (Å²) in [6, 6.07) is 0. The van der Waals surface area contributed by atoms with Crippen LogP contribution < -0.4 is 0 Å². The zero-order valence-corrected chi connectivity index (χ0v) is 6.87. The quantitative estimate of drug-likeness (QED) is 0.505. The topological polar surface area (TPSA) is 74.6 Å². The van der Waals surface area contributed by atoms with Gasteiger partial charge in [-0.25, -0.2) is 0 Å². The van der Waals surface area contributed by atoms with Crippen LogP contribution in [0.15, 0.2) is 12.2 Å². The van der Waals surface area contributed by atoms with E-state index >= 15 is 0 Å². The predicted molar refractivity (Wildman–Crippen MR) is 40.4 cm³/mol. The lowest BCUT2D eigenvalue weighted by Crippen LogP contribution is -2.58. The molecule has 0 atom stereocenters. The monoisotopic (exact) mass is 170 g/mol. The summed E-state index contributed by atoms with van der Waals surface area (Å²) in [5.41, 5.74) is -4.03. The number of hydrogen-bond acceptors (Lipinski definition) is 4. The molecule has 0 aromatic heterocycles. The highest BCUT2D eigenvalue weighted by Crippen LogP contribution is 2.28. The molecule has 0 radical (unpaired) electrons. The minimum atomic E-state index is -2.28. The largest absolute Gasteiger partial charge is 0.386 e. The number of hydrogen-bond donors (Lipinski definition) is 2. The van der Waals surface area contributed by atoms with Crippen LogP contribution in [0.4, 0.5) is 0 Å². The highest BCUT2D eigenvalue weighted by molar-refractivity contribution is 6.25. The van der Waals surface area contributed by atoms with Gasteiger partial charge in [-0.2, -0.15) is 0 Å². The normalized spacial score (nSPS) is 22.0. The van der Waals surface area contributed by atoms with Crippen LogP contribution in [0.2, 0.25) is 0 Å². The van der Waals surface area contributed by atoms with Crippen LogP contribution in [0.3, 0.4) is 0 Å². The molecular formula is C8H10O4. The Morgan fingerprint density at radius 1 is 1.25 bits per heavy atom. The highest BCUT2D eigenvalue weighted by Gasteiger charge is 2.55. The summed E-state index contributed by atoms with van der Waals surface area (Å²) < 4.78 is 0. The molecule has 0 bridgehead atoms. The molecule has 1 aliphatic carbocycles. The zero-order valence-electron chi connectivity index (χ0n) is 6.87. The Balaban J connectivity index is 3.16. The van der Waals surface area contributed by atoms with Gasteiger partial charge < -0.3 is 10.2 Å². The Morgan fingerprint density at radius 3 is 1.75 bits per heavy atom. The Morgan fingerprint density at radius 2 is 1.58 bits per heavy atom. The molecular weight excluding hydrogens is 160 g/mol. The van der Waals surface area contributed by atoms with Gasteiger partial charge >= 0.3 is 0 Å². The van der Waals surface area contributed by atoms with Gasteiger partial charge in [0, 0.05) is 0 Å². The SMILES string of the molecule is CC(C)(O)C1(O)C(=O)C=CC1=O. The van der Waals surface area contributed by atoms with Crippen molar-refractivity contribution in [1.29, 1.82) is 0 Å². The van der Waals surface area contributed by atoms with Gasteiger partial charge in [-0.05, 0) is 26.0 Å². The Bertz CT molecular complexity index is 251. The molecule has 12 heavy (non-hydrogen) atoms. The third-order valence-corrected chi connectivity index (χ3v) is 1.98. The van der Waals surface area contributed by atoms with Crippen LogP contribution in [0.25, 0.3) is 0 Å². The maximum Gasteiger partial charge on any atom is 0.217 e. The maximum absolute atomic E-state index is 11.0. The molecule has 4 nitrogen and oxygen atoms in total. The second kappa shape index (κ2) is 2.24. The van der Waals surface area contributed by atoms with Gasteiger partial charge in [0.1, 0.15) is 5.60 Å². The fraction of sp³-hybridized carbons (Fsp3) is 0.500. The minimum absolute atomic E-state index is 0.764. The molecule has 0 spiro atoms. The molecule has 2 N–H and O–H groups in total. The average Bonchev–Trinajstić information content (AvgIpc) is 2.16. The first-order valence-corrected chi connectivity index (χ1v) is 3.52. The van der Waals surface area contributed by atoms with Crippen molar-refractivity contribution in [3.8, 4) is 0 Å². The molecule has 1 rings (SSSR count).